The van der Waals surface area contributed by atoms with Gasteiger partial charge in [0.15, 0.2) is 0 Å². The van der Waals surface area contributed by atoms with Crippen LogP contribution < -0.4 is 10.9 Å². The van der Waals surface area contributed by atoms with Crippen LogP contribution in [0.4, 0.5) is 5.82 Å². The first-order valence-corrected chi connectivity index (χ1v) is 12.1. The lowest BCUT2D eigenvalue weighted by Crippen LogP contribution is -2.29. The fourth-order valence-corrected chi connectivity index (χ4v) is 4.64. The van der Waals surface area contributed by atoms with Crippen LogP contribution in [0.5, 0.6) is 0 Å². The van der Waals surface area contributed by atoms with E-state index in [1.807, 2.05) is 19.1 Å². The number of nitrogens with zero attached hydrogens (tertiary/aromatic N) is 3. The summed E-state index contributed by atoms with van der Waals surface area (Å²) >= 11 is 6.70. The first-order valence-electron chi connectivity index (χ1n) is 10.8. The van der Waals surface area contributed by atoms with E-state index in [0.29, 0.717) is 45.3 Å². The van der Waals surface area contributed by atoms with Crippen molar-refractivity contribution >= 4 is 51.7 Å². The van der Waals surface area contributed by atoms with Gasteiger partial charge in [-0.15, -0.1) is 0 Å². The normalized spacial score (nSPS) is 15.6. The number of amides is 1. The van der Waals surface area contributed by atoms with Gasteiger partial charge in [-0.2, -0.15) is 0 Å². The van der Waals surface area contributed by atoms with E-state index in [4.69, 9.17) is 12.2 Å². The van der Waals surface area contributed by atoms with Gasteiger partial charge in [-0.25, -0.2) is 4.98 Å². The molecular formula is C23H30N4O2S2. The number of aromatic nitrogens is 2. The molecule has 1 aliphatic rings. The van der Waals surface area contributed by atoms with E-state index in [0.717, 1.165) is 31.2 Å². The zero-order chi connectivity index (χ0) is 22.5. The number of hydrogen-bond donors (Lipinski definition) is 1. The Morgan fingerprint density at radius 3 is 2.71 bits per heavy atom. The molecule has 2 aromatic heterocycles. The van der Waals surface area contributed by atoms with Crippen molar-refractivity contribution < 1.29 is 4.79 Å². The minimum Gasteiger partial charge on any atom is -0.369 e. The van der Waals surface area contributed by atoms with Crippen molar-refractivity contribution in [1.29, 1.82) is 0 Å². The van der Waals surface area contributed by atoms with Gasteiger partial charge >= 0.3 is 0 Å². The predicted octanol–water partition coefficient (Wildman–Crippen LogP) is 4.85. The molecule has 3 heterocycles. The fourth-order valence-electron chi connectivity index (χ4n) is 3.34. The molecule has 0 atom stereocenters. The lowest BCUT2D eigenvalue weighted by molar-refractivity contribution is -0.122. The number of hydrogen-bond acceptors (Lipinski definition) is 6. The highest BCUT2D eigenvalue weighted by Crippen LogP contribution is 2.33. The molecule has 0 radical (unpaired) electrons. The van der Waals surface area contributed by atoms with Crippen molar-refractivity contribution in [2.45, 2.75) is 53.4 Å². The molecule has 1 amide bonds. The summed E-state index contributed by atoms with van der Waals surface area (Å²) in [7, 11) is 0. The molecule has 2 aromatic rings. The van der Waals surface area contributed by atoms with E-state index in [2.05, 4.69) is 31.1 Å². The molecule has 0 unspecified atom stereocenters. The van der Waals surface area contributed by atoms with Crippen molar-refractivity contribution in [2.75, 3.05) is 18.4 Å². The minimum absolute atomic E-state index is 0.130. The number of aryl methyl sites for hydroxylation is 1. The quantitative estimate of drug-likeness (QED) is 0.329. The van der Waals surface area contributed by atoms with Gasteiger partial charge in [0, 0.05) is 19.3 Å². The van der Waals surface area contributed by atoms with Gasteiger partial charge in [0.1, 0.15) is 15.8 Å². The molecule has 6 nitrogen and oxygen atoms in total. The summed E-state index contributed by atoms with van der Waals surface area (Å²) in [6.07, 6.45) is 7.71. The van der Waals surface area contributed by atoms with E-state index < -0.39 is 0 Å². The third-order valence-corrected chi connectivity index (χ3v) is 6.45. The predicted molar refractivity (Wildman–Crippen MR) is 134 cm³/mol. The number of carbonyl (C=O) groups excluding carboxylic acids is 1. The number of carbonyl (C=O) groups is 1. The van der Waals surface area contributed by atoms with Gasteiger partial charge in [0.2, 0.25) is 0 Å². The molecule has 31 heavy (non-hydrogen) atoms. The van der Waals surface area contributed by atoms with Crippen LogP contribution in [-0.2, 0) is 4.79 Å². The zero-order valence-electron chi connectivity index (χ0n) is 18.6. The summed E-state index contributed by atoms with van der Waals surface area (Å²) in [6.45, 7) is 9.56. The Morgan fingerprint density at radius 1 is 1.23 bits per heavy atom. The first-order chi connectivity index (χ1) is 14.8. The molecule has 0 saturated carbocycles. The molecule has 1 fully saturated rings. The Bertz CT molecular complexity index is 1080. The van der Waals surface area contributed by atoms with Gasteiger partial charge in [-0.1, -0.05) is 70.1 Å². The summed E-state index contributed by atoms with van der Waals surface area (Å²) < 4.78 is 2.09. The molecule has 166 valence electrons. The van der Waals surface area contributed by atoms with Gasteiger partial charge in [-0.3, -0.25) is 18.9 Å². The lowest BCUT2D eigenvalue weighted by atomic mass is 10.2. The second-order valence-electron chi connectivity index (χ2n) is 8.28. The largest absolute Gasteiger partial charge is 0.369 e. The third kappa shape index (κ3) is 5.54. The van der Waals surface area contributed by atoms with Crippen LogP contribution in [0.1, 0.15) is 57.6 Å². The van der Waals surface area contributed by atoms with Crippen LogP contribution in [-0.4, -0.2) is 37.6 Å². The maximum absolute atomic E-state index is 13.3. The summed E-state index contributed by atoms with van der Waals surface area (Å²) in [6, 6.07) is 3.76. The molecule has 1 aliphatic heterocycles. The Kier molecular flexibility index (Phi) is 7.89. The number of nitrogens with one attached hydrogen (secondary N) is 1. The second kappa shape index (κ2) is 10.4. The van der Waals surface area contributed by atoms with E-state index in [9.17, 15) is 9.59 Å². The van der Waals surface area contributed by atoms with Crippen molar-refractivity contribution in [1.82, 2.24) is 14.3 Å². The number of anilines is 1. The number of unbranched alkanes of at least 4 members (excludes halogenated alkanes) is 3. The summed E-state index contributed by atoms with van der Waals surface area (Å²) in [5.74, 6) is 0.748. The fraction of sp³-hybridized carbons (Fsp3) is 0.478. The average molecular weight is 459 g/mol. The molecular weight excluding hydrogens is 428 g/mol. The van der Waals surface area contributed by atoms with E-state index in [1.165, 1.54) is 16.2 Å². The van der Waals surface area contributed by atoms with Crippen LogP contribution >= 0.6 is 24.0 Å². The monoisotopic (exact) mass is 458 g/mol. The highest BCUT2D eigenvalue weighted by molar-refractivity contribution is 8.26. The third-order valence-electron chi connectivity index (χ3n) is 5.07. The van der Waals surface area contributed by atoms with Crippen LogP contribution in [0.15, 0.2) is 28.0 Å². The topological polar surface area (TPSA) is 66.7 Å². The molecule has 0 spiro atoms. The van der Waals surface area contributed by atoms with Crippen LogP contribution in [0, 0.1) is 12.8 Å². The standard InChI is InChI=1S/C23H30N4O2S2/c1-5-6-7-8-11-26-22(29)18(31-23(26)30)12-17-20(24-13-15(2)3)25-19-10-9-16(4)14-27(19)21(17)28/h9-10,12,14-15,24H,5-8,11,13H2,1-4H3/b18-12-. The minimum atomic E-state index is -0.201. The van der Waals surface area contributed by atoms with Gasteiger partial charge in [0.25, 0.3) is 11.5 Å². The molecule has 8 heteroatoms. The van der Waals surface area contributed by atoms with Crippen LogP contribution in [0.3, 0.4) is 0 Å². The van der Waals surface area contributed by atoms with E-state index in [-0.39, 0.29) is 11.5 Å². The molecule has 1 saturated heterocycles. The molecule has 0 bridgehead atoms. The van der Waals surface area contributed by atoms with Crippen molar-refractivity contribution in [3.05, 3.63) is 44.7 Å². The molecule has 0 aliphatic carbocycles. The Labute approximate surface area is 193 Å². The van der Waals surface area contributed by atoms with Crippen LogP contribution in [0.2, 0.25) is 0 Å². The van der Waals surface area contributed by atoms with E-state index in [1.54, 1.807) is 17.2 Å². The average Bonchev–Trinajstić information content (AvgIpc) is 2.99. The van der Waals surface area contributed by atoms with Gasteiger partial charge < -0.3 is 5.32 Å². The Balaban J connectivity index is 1.98. The summed E-state index contributed by atoms with van der Waals surface area (Å²) in [5, 5.41) is 3.28. The Morgan fingerprint density at radius 2 is 2.00 bits per heavy atom. The molecule has 3 rings (SSSR count). The molecule has 0 aromatic carbocycles. The highest BCUT2D eigenvalue weighted by atomic mass is 32.2. The number of pyridine rings is 1. The summed E-state index contributed by atoms with van der Waals surface area (Å²) in [4.78, 5) is 33.1. The number of thiocarbonyl (C=S) groups is 1. The molecule has 1 N–H and O–H groups in total. The van der Waals surface area contributed by atoms with Crippen molar-refractivity contribution in [3.8, 4) is 0 Å². The second-order valence-corrected chi connectivity index (χ2v) is 9.96. The van der Waals surface area contributed by atoms with E-state index >= 15 is 0 Å². The first kappa shape index (κ1) is 23.5. The van der Waals surface area contributed by atoms with Gasteiger partial charge in [0.05, 0.1) is 10.5 Å². The number of fused-ring (bicyclic) bond motifs is 1. The van der Waals surface area contributed by atoms with Crippen LogP contribution in [0.25, 0.3) is 11.7 Å². The zero-order valence-corrected chi connectivity index (χ0v) is 20.2. The van der Waals surface area contributed by atoms with Crippen molar-refractivity contribution in [3.63, 3.8) is 0 Å². The number of rotatable bonds is 9. The Hall–Kier alpha value is -2.19. The number of thioether (sulfide) groups is 1. The maximum atomic E-state index is 13.3. The maximum Gasteiger partial charge on any atom is 0.267 e. The SMILES string of the molecule is CCCCCCN1C(=O)/C(=C/c2c(NCC(C)C)nc3ccc(C)cn3c2=O)SC1=S. The smallest absolute Gasteiger partial charge is 0.267 e. The van der Waals surface area contributed by atoms with Crippen molar-refractivity contribution in [2.24, 2.45) is 5.92 Å². The summed E-state index contributed by atoms with van der Waals surface area (Å²) in [5.41, 5.74) is 1.72. The van der Waals surface area contributed by atoms with Gasteiger partial charge in [-0.05, 0) is 37.0 Å². The highest BCUT2D eigenvalue weighted by Gasteiger charge is 2.32. The lowest BCUT2D eigenvalue weighted by Gasteiger charge is -2.14.